The Balaban J connectivity index is 2.36. The van der Waals surface area contributed by atoms with Gasteiger partial charge in [0.25, 0.3) is 0 Å². The van der Waals surface area contributed by atoms with Gasteiger partial charge in [-0.2, -0.15) is 0 Å². The van der Waals surface area contributed by atoms with E-state index in [0.717, 1.165) is 6.54 Å². The maximum atomic E-state index is 4.07. The first-order valence-corrected chi connectivity index (χ1v) is 2.98. The number of nitrogens with one attached hydrogen (secondary N) is 1. The Labute approximate surface area is 50.0 Å². The molecule has 8 heavy (non-hydrogen) atoms. The normalized spacial score (nSPS) is 26.6. The molecule has 0 aliphatic carbocycles. The highest BCUT2D eigenvalue weighted by Gasteiger charge is 2.13. The molecule has 1 atom stereocenters. The van der Waals surface area contributed by atoms with E-state index in [0.29, 0.717) is 12.0 Å². The van der Waals surface area contributed by atoms with E-state index in [1.165, 1.54) is 0 Å². The molecule has 1 N–H and O–H groups in total. The fourth-order valence-corrected chi connectivity index (χ4v) is 0.709. The lowest BCUT2D eigenvalue weighted by molar-refractivity contribution is 0.512. The predicted octanol–water partition coefficient (Wildman–Crippen LogP) is 0.520. The summed E-state index contributed by atoms with van der Waals surface area (Å²) in [5, 5.41) is 2.94. The van der Waals surface area contributed by atoms with Crippen LogP contribution in [0.2, 0.25) is 0 Å². The number of nitrogens with zero attached hydrogens (tertiary/aromatic N) is 1. The molecule has 0 fully saturated rings. The summed E-state index contributed by atoms with van der Waals surface area (Å²) in [6.07, 6.45) is 2.73. The highest BCUT2D eigenvalue weighted by atomic mass is 15.0. The van der Waals surface area contributed by atoms with Gasteiger partial charge >= 0.3 is 0 Å². The molecule has 0 bridgehead atoms. The molecule has 1 radical (unpaired) electrons. The van der Waals surface area contributed by atoms with Crippen molar-refractivity contribution in [2.75, 3.05) is 6.54 Å². The third-order valence-corrected chi connectivity index (χ3v) is 1.39. The van der Waals surface area contributed by atoms with Crippen LogP contribution in [0.3, 0.4) is 0 Å². The Kier molecular flexibility index (Phi) is 1.51. The van der Waals surface area contributed by atoms with Gasteiger partial charge < -0.3 is 5.32 Å². The summed E-state index contributed by atoms with van der Waals surface area (Å²) in [6, 6.07) is 0.468. The molecule has 1 heterocycles. The standard InChI is InChI=1S/C6H11N2/c1-5(2)6-3-7-4-8-6/h5-6H,3H2,1-2H3,(H,7,8). The van der Waals surface area contributed by atoms with Crippen LogP contribution in [0.15, 0.2) is 4.99 Å². The summed E-state index contributed by atoms with van der Waals surface area (Å²) in [5.74, 6) is 0.650. The average molecular weight is 111 g/mol. The fourth-order valence-electron chi connectivity index (χ4n) is 0.709. The SMILES string of the molecule is CC(C)C1CN[C]=N1. The first-order valence-electron chi connectivity index (χ1n) is 2.98. The quantitative estimate of drug-likeness (QED) is 0.524. The maximum Gasteiger partial charge on any atom is 0.164 e. The zero-order chi connectivity index (χ0) is 5.98. The molecule has 0 aromatic rings. The molecule has 0 saturated carbocycles. The van der Waals surface area contributed by atoms with Crippen molar-refractivity contribution >= 4 is 6.34 Å². The van der Waals surface area contributed by atoms with Crippen molar-refractivity contribution in [3.63, 3.8) is 0 Å². The van der Waals surface area contributed by atoms with Crippen LogP contribution in [0.1, 0.15) is 13.8 Å². The minimum Gasteiger partial charge on any atom is -0.365 e. The molecule has 0 saturated heterocycles. The summed E-state index contributed by atoms with van der Waals surface area (Å²) in [6.45, 7) is 5.31. The van der Waals surface area contributed by atoms with Gasteiger partial charge in [-0.25, -0.2) is 0 Å². The smallest absolute Gasteiger partial charge is 0.164 e. The number of hydrogen-bond donors (Lipinski definition) is 1. The number of hydrogen-bond acceptors (Lipinski definition) is 2. The molecule has 0 amide bonds. The average Bonchev–Trinajstić information content (AvgIpc) is 2.12. The predicted molar refractivity (Wildman–Crippen MR) is 34.1 cm³/mol. The van der Waals surface area contributed by atoms with E-state index in [1.807, 2.05) is 0 Å². The van der Waals surface area contributed by atoms with Crippen LogP contribution in [-0.2, 0) is 0 Å². The van der Waals surface area contributed by atoms with Crippen LogP contribution in [0, 0.1) is 5.92 Å². The van der Waals surface area contributed by atoms with Gasteiger partial charge in [0.2, 0.25) is 0 Å². The van der Waals surface area contributed by atoms with Crippen LogP contribution >= 0.6 is 0 Å². The summed E-state index contributed by atoms with van der Waals surface area (Å²) in [7, 11) is 0. The third kappa shape index (κ3) is 0.997. The minimum atomic E-state index is 0.468. The van der Waals surface area contributed by atoms with Gasteiger partial charge in [0.1, 0.15) is 0 Å². The summed E-state index contributed by atoms with van der Waals surface area (Å²) >= 11 is 0. The highest BCUT2D eigenvalue weighted by molar-refractivity contribution is 5.57. The molecule has 1 aliphatic heterocycles. The third-order valence-electron chi connectivity index (χ3n) is 1.39. The fraction of sp³-hybridized carbons (Fsp3) is 0.833. The molecule has 1 aliphatic rings. The van der Waals surface area contributed by atoms with Gasteiger partial charge in [0, 0.05) is 6.54 Å². The second-order valence-electron chi connectivity index (χ2n) is 2.43. The molecule has 1 unspecified atom stereocenters. The maximum absolute atomic E-state index is 4.07. The monoisotopic (exact) mass is 111 g/mol. The Morgan fingerprint density at radius 3 is 2.75 bits per heavy atom. The molecule has 0 aromatic carbocycles. The lowest BCUT2D eigenvalue weighted by Gasteiger charge is -2.07. The first-order chi connectivity index (χ1) is 3.80. The van der Waals surface area contributed by atoms with E-state index in [4.69, 9.17) is 0 Å². The van der Waals surface area contributed by atoms with E-state index in [1.54, 1.807) is 0 Å². The van der Waals surface area contributed by atoms with Crippen molar-refractivity contribution < 1.29 is 0 Å². The first kappa shape index (κ1) is 5.60. The van der Waals surface area contributed by atoms with E-state index < -0.39 is 0 Å². The van der Waals surface area contributed by atoms with Gasteiger partial charge in [-0.05, 0) is 5.92 Å². The minimum absolute atomic E-state index is 0.468. The second-order valence-corrected chi connectivity index (χ2v) is 2.43. The number of rotatable bonds is 1. The Bertz CT molecular complexity index is 96.7. The van der Waals surface area contributed by atoms with Crippen molar-refractivity contribution in [2.24, 2.45) is 10.9 Å². The molecule has 2 nitrogen and oxygen atoms in total. The summed E-state index contributed by atoms with van der Waals surface area (Å²) in [4.78, 5) is 4.07. The van der Waals surface area contributed by atoms with Crippen LogP contribution in [0.5, 0.6) is 0 Å². The highest BCUT2D eigenvalue weighted by Crippen LogP contribution is 2.06. The molecule has 0 aromatic heterocycles. The lowest BCUT2D eigenvalue weighted by atomic mass is 10.1. The van der Waals surface area contributed by atoms with Gasteiger partial charge in [0.15, 0.2) is 6.34 Å². The van der Waals surface area contributed by atoms with Crippen molar-refractivity contribution in [3.8, 4) is 0 Å². The molecule has 1 rings (SSSR count). The van der Waals surface area contributed by atoms with Crippen molar-refractivity contribution in [1.29, 1.82) is 0 Å². The van der Waals surface area contributed by atoms with Gasteiger partial charge in [0.05, 0.1) is 6.04 Å². The van der Waals surface area contributed by atoms with E-state index in [-0.39, 0.29) is 0 Å². The zero-order valence-electron chi connectivity index (χ0n) is 5.31. The van der Waals surface area contributed by atoms with Crippen LogP contribution < -0.4 is 5.32 Å². The van der Waals surface area contributed by atoms with Crippen LogP contribution in [-0.4, -0.2) is 18.9 Å². The van der Waals surface area contributed by atoms with Gasteiger partial charge in [-0.1, -0.05) is 13.8 Å². The van der Waals surface area contributed by atoms with Crippen molar-refractivity contribution in [2.45, 2.75) is 19.9 Å². The summed E-state index contributed by atoms with van der Waals surface area (Å²) in [5.41, 5.74) is 0. The lowest BCUT2D eigenvalue weighted by Crippen LogP contribution is -2.19. The number of aliphatic imine (C=N–C) groups is 1. The molecular weight excluding hydrogens is 100 g/mol. The molecule has 2 heteroatoms. The van der Waals surface area contributed by atoms with Crippen molar-refractivity contribution in [3.05, 3.63) is 0 Å². The second kappa shape index (κ2) is 2.16. The topological polar surface area (TPSA) is 24.4 Å². The molecule has 45 valence electrons. The van der Waals surface area contributed by atoms with Gasteiger partial charge in [-0.15, -0.1) is 0 Å². The molecular formula is C6H11N2. The van der Waals surface area contributed by atoms with Crippen LogP contribution in [0.25, 0.3) is 0 Å². The van der Waals surface area contributed by atoms with E-state index in [9.17, 15) is 0 Å². The van der Waals surface area contributed by atoms with E-state index in [2.05, 4.69) is 30.5 Å². The van der Waals surface area contributed by atoms with Crippen molar-refractivity contribution in [1.82, 2.24) is 5.32 Å². The molecule has 0 spiro atoms. The Hall–Kier alpha value is -0.530. The summed E-state index contributed by atoms with van der Waals surface area (Å²) < 4.78 is 0. The van der Waals surface area contributed by atoms with E-state index >= 15 is 0 Å². The Morgan fingerprint density at radius 1 is 1.75 bits per heavy atom. The zero-order valence-corrected chi connectivity index (χ0v) is 5.31. The van der Waals surface area contributed by atoms with Gasteiger partial charge in [-0.3, -0.25) is 4.99 Å². The van der Waals surface area contributed by atoms with Crippen LogP contribution in [0.4, 0.5) is 0 Å². The largest absolute Gasteiger partial charge is 0.365 e. The Morgan fingerprint density at radius 2 is 2.50 bits per heavy atom.